The predicted molar refractivity (Wildman–Crippen MR) is 66.7 cm³/mol. The van der Waals surface area contributed by atoms with Gasteiger partial charge in [0, 0.05) is 5.56 Å². The third kappa shape index (κ3) is 1.88. The van der Waals surface area contributed by atoms with Crippen molar-refractivity contribution in [1.82, 2.24) is 10.2 Å². The summed E-state index contributed by atoms with van der Waals surface area (Å²) < 4.78 is 5.22. The molecule has 1 aromatic heterocycles. The van der Waals surface area contributed by atoms with Crippen LogP contribution in [0, 0.1) is 6.92 Å². The number of aryl methyl sites for hydroxylation is 1. The van der Waals surface area contributed by atoms with Crippen molar-refractivity contribution in [2.45, 2.75) is 6.92 Å². The molecular formula is C12H13N3O3. The van der Waals surface area contributed by atoms with Gasteiger partial charge in [-0.2, -0.15) is 5.10 Å². The molecule has 0 unspecified atom stereocenters. The van der Waals surface area contributed by atoms with Crippen molar-refractivity contribution >= 4 is 11.8 Å². The van der Waals surface area contributed by atoms with Crippen LogP contribution in [0.3, 0.4) is 0 Å². The molecule has 2 aromatic rings. The van der Waals surface area contributed by atoms with E-state index in [1.807, 2.05) is 19.1 Å². The van der Waals surface area contributed by atoms with Gasteiger partial charge in [-0.05, 0) is 19.1 Å². The molecule has 18 heavy (non-hydrogen) atoms. The van der Waals surface area contributed by atoms with E-state index in [9.17, 15) is 4.79 Å². The summed E-state index contributed by atoms with van der Waals surface area (Å²) in [6, 6.07) is 5.45. The van der Waals surface area contributed by atoms with Gasteiger partial charge in [-0.15, -0.1) is 0 Å². The molecule has 0 aliphatic rings. The Balaban J connectivity index is 2.71. The Bertz CT molecular complexity index is 605. The Labute approximate surface area is 103 Å². The fraction of sp³-hybridized carbons (Fsp3) is 0.167. The number of nitrogens with two attached hydrogens (primary N) is 1. The van der Waals surface area contributed by atoms with Gasteiger partial charge < -0.3 is 15.6 Å². The molecule has 0 saturated carbocycles. The number of aromatic amines is 1. The average Bonchev–Trinajstić information content (AvgIpc) is 2.71. The SMILES string of the molecule is COc1ccc(C)cc1-c1c(N)n[nH]c1C(=O)O. The number of carboxylic acids is 1. The monoisotopic (exact) mass is 247 g/mol. The van der Waals surface area contributed by atoms with E-state index in [-0.39, 0.29) is 11.5 Å². The normalized spacial score (nSPS) is 10.3. The van der Waals surface area contributed by atoms with Gasteiger partial charge in [0.05, 0.1) is 12.7 Å². The first-order valence-electron chi connectivity index (χ1n) is 5.26. The van der Waals surface area contributed by atoms with Gasteiger partial charge >= 0.3 is 5.97 Å². The maximum absolute atomic E-state index is 11.1. The molecule has 0 radical (unpaired) electrons. The maximum atomic E-state index is 11.1. The van der Waals surface area contributed by atoms with Crippen LogP contribution >= 0.6 is 0 Å². The number of carbonyl (C=O) groups is 1. The highest BCUT2D eigenvalue weighted by Crippen LogP contribution is 2.35. The summed E-state index contributed by atoms with van der Waals surface area (Å²) in [5, 5.41) is 15.3. The number of hydrogen-bond donors (Lipinski definition) is 3. The molecule has 0 aliphatic heterocycles. The lowest BCUT2D eigenvalue weighted by Gasteiger charge is -2.09. The van der Waals surface area contributed by atoms with Gasteiger partial charge in [0.15, 0.2) is 11.5 Å². The number of H-pyrrole nitrogens is 1. The summed E-state index contributed by atoms with van der Waals surface area (Å²) in [4.78, 5) is 11.1. The molecule has 0 spiro atoms. The second-order valence-corrected chi connectivity index (χ2v) is 3.87. The third-order valence-corrected chi connectivity index (χ3v) is 2.63. The van der Waals surface area contributed by atoms with Crippen LogP contribution in [0.25, 0.3) is 11.1 Å². The molecule has 0 saturated heterocycles. The third-order valence-electron chi connectivity index (χ3n) is 2.63. The van der Waals surface area contributed by atoms with E-state index in [2.05, 4.69) is 10.2 Å². The summed E-state index contributed by atoms with van der Waals surface area (Å²) in [6.07, 6.45) is 0. The number of carboxylic acid groups (broad SMARTS) is 1. The van der Waals surface area contributed by atoms with Crippen LogP contribution in [0.2, 0.25) is 0 Å². The Morgan fingerprint density at radius 2 is 2.22 bits per heavy atom. The molecular weight excluding hydrogens is 234 g/mol. The second kappa shape index (κ2) is 4.40. The minimum Gasteiger partial charge on any atom is -0.496 e. The highest BCUT2D eigenvalue weighted by Gasteiger charge is 2.21. The van der Waals surface area contributed by atoms with Crippen molar-refractivity contribution < 1.29 is 14.6 Å². The van der Waals surface area contributed by atoms with Gasteiger partial charge in [0.25, 0.3) is 0 Å². The van der Waals surface area contributed by atoms with Gasteiger partial charge in [-0.3, -0.25) is 5.10 Å². The largest absolute Gasteiger partial charge is 0.496 e. The first-order valence-corrected chi connectivity index (χ1v) is 5.26. The quantitative estimate of drug-likeness (QED) is 0.765. The molecule has 1 heterocycles. The summed E-state index contributed by atoms with van der Waals surface area (Å²) in [7, 11) is 1.52. The van der Waals surface area contributed by atoms with E-state index < -0.39 is 5.97 Å². The minimum atomic E-state index is -1.11. The average molecular weight is 247 g/mol. The summed E-state index contributed by atoms with van der Waals surface area (Å²) >= 11 is 0. The molecule has 0 aliphatic carbocycles. The van der Waals surface area contributed by atoms with Crippen LogP contribution in [0.5, 0.6) is 5.75 Å². The molecule has 2 rings (SSSR count). The first-order chi connectivity index (χ1) is 8.54. The van der Waals surface area contributed by atoms with Crippen LogP contribution in [-0.4, -0.2) is 28.4 Å². The molecule has 94 valence electrons. The zero-order valence-electron chi connectivity index (χ0n) is 10.0. The number of methoxy groups -OCH3 is 1. The molecule has 1 aromatic carbocycles. The van der Waals surface area contributed by atoms with Crippen molar-refractivity contribution in [2.75, 3.05) is 12.8 Å². The number of nitrogen functional groups attached to an aromatic ring is 1. The van der Waals surface area contributed by atoms with E-state index in [0.717, 1.165) is 5.56 Å². The Morgan fingerprint density at radius 1 is 1.50 bits per heavy atom. The number of nitrogens with one attached hydrogen (secondary N) is 1. The van der Waals surface area contributed by atoms with E-state index in [0.29, 0.717) is 16.9 Å². The van der Waals surface area contributed by atoms with Gasteiger partial charge in [0.1, 0.15) is 5.75 Å². The summed E-state index contributed by atoms with van der Waals surface area (Å²) in [5.74, 6) is -0.426. The summed E-state index contributed by atoms with van der Waals surface area (Å²) in [6.45, 7) is 1.90. The second-order valence-electron chi connectivity index (χ2n) is 3.87. The Morgan fingerprint density at radius 3 is 2.83 bits per heavy atom. The molecule has 6 nitrogen and oxygen atoms in total. The van der Waals surface area contributed by atoms with Crippen molar-refractivity contribution in [1.29, 1.82) is 0 Å². The topological polar surface area (TPSA) is 101 Å². The fourth-order valence-corrected chi connectivity index (χ4v) is 1.80. The molecule has 4 N–H and O–H groups in total. The maximum Gasteiger partial charge on any atom is 0.354 e. The molecule has 6 heteroatoms. The number of rotatable bonds is 3. The van der Waals surface area contributed by atoms with E-state index in [1.54, 1.807) is 6.07 Å². The highest BCUT2D eigenvalue weighted by molar-refractivity contribution is 5.98. The van der Waals surface area contributed by atoms with Crippen LogP contribution in [-0.2, 0) is 0 Å². The van der Waals surface area contributed by atoms with E-state index in [1.165, 1.54) is 7.11 Å². The number of anilines is 1. The number of hydrogen-bond acceptors (Lipinski definition) is 4. The lowest BCUT2D eigenvalue weighted by Crippen LogP contribution is -2.01. The van der Waals surface area contributed by atoms with Crippen LogP contribution in [0.4, 0.5) is 5.82 Å². The lowest BCUT2D eigenvalue weighted by atomic mass is 10.0. The Kier molecular flexibility index (Phi) is 2.93. The van der Waals surface area contributed by atoms with Crippen molar-refractivity contribution in [2.24, 2.45) is 0 Å². The fourth-order valence-electron chi connectivity index (χ4n) is 1.80. The van der Waals surface area contributed by atoms with E-state index in [4.69, 9.17) is 15.6 Å². The number of aromatic carboxylic acids is 1. The molecule has 0 bridgehead atoms. The van der Waals surface area contributed by atoms with Crippen LogP contribution in [0.1, 0.15) is 16.1 Å². The number of nitrogens with zero attached hydrogens (tertiary/aromatic N) is 1. The molecule has 0 amide bonds. The van der Waals surface area contributed by atoms with Crippen molar-refractivity contribution in [3.05, 3.63) is 29.5 Å². The Hall–Kier alpha value is -2.50. The number of ether oxygens (including phenoxy) is 1. The zero-order valence-corrected chi connectivity index (χ0v) is 10.0. The van der Waals surface area contributed by atoms with Crippen molar-refractivity contribution in [3.8, 4) is 16.9 Å². The zero-order chi connectivity index (χ0) is 13.3. The molecule has 0 atom stereocenters. The van der Waals surface area contributed by atoms with Crippen LogP contribution in [0.15, 0.2) is 18.2 Å². The lowest BCUT2D eigenvalue weighted by molar-refractivity contribution is 0.0691. The number of aromatic nitrogens is 2. The number of benzene rings is 1. The van der Waals surface area contributed by atoms with Gasteiger partial charge in [0.2, 0.25) is 0 Å². The van der Waals surface area contributed by atoms with Crippen molar-refractivity contribution in [3.63, 3.8) is 0 Å². The minimum absolute atomic E-state index is 0.0450. The van der Waals surface area contributed by atoms with Gasteiger partial charge in [-0.1, -0.05) is 11.6 Å². The standard InChI is InChI=1S/C12H13N3O3/c1-6-3-4-8(18-2)7(5-6)9-10(12(16)17)14-15-11(9)13/h3-5H,1-2H3,(H,16,17)(H3,13,14,15). The van der Waals surface area contributed by atoms with E-state index >= 15 is 0 Å². The molecule has 0 fully saturated rings. The first kappa shape index (κ1) is 12.0. The predicted octanol–water partition coefficient (Wildman–Crippen LogP) is 1.67. The smallest absolute Gasteiger partial charge is 0.354 e. The highest BCUT2D eigenvalue weighted by atomic mass is 16.5. The van der Waals surface area contributed by atoms with Crippen LogP contribution < -0.4 is 10.5 Å². The summed E-state index contributed by atoms with van der Waals surface area (Å²) in [5.41, 5.74) is 7.62. The van der Waals surface area contributed by atoms with Gasteiger partial charge in [-0.25, -0.2) is 4.79 Å².